The van der Waals surface area contributed by atoms with Gasteiger partial charge in [0.1, 0.15) is 11.4 Å². The topological polar surface area (TPSA) is 35.7 Å². The predicted octanol–water partition coefficient (Wildman–Crippen LogP) is 2.96. The van der Waals surface area contributed by atoms with E-state index in [2.05, 4.69) is 21.6 Å². The van der Waals surface area contributed by atoms with Crippen LogP contribution >= 0.6 is 0 Å². The van der Waals surface area contributed by atoms with Gasteiger partial charge in [-0.3, -0.25) is 0 Å². The van der Waals surface area contributed by atoms with Crippen LogP contribution < -0.4 is 9.64 Å². The number of hydrogen-bond donors (Lipinski definition) is 1. The van der Waals surface area contributed by atoms with E-state index in [-0.39, 0.29) is 0 Å². The summed E-state index contributed by atoms with van der Waals surface area (Å²) in [7, 11) is 1.68. The van der Waals surface area contributed by atoms with E-state index in [1.165, 1.54) is 12.3 Å². The molecule has 1 atom stereocenters. The van der Waals surface area contributed by atoms with Gasteiger partial charge in [0, 0.05) is 12.0 Å². The molecule has 2 aromatic carbocycles. The van der Waals surface area contributed by atoms with Crippen molar-refractivity contribution in [3.63, 3.8) is 0 Å². The van der Waals surface area contributed by atoms with Gasteiger partial charge in [0.25, 0.3) is 11.6 Å². The molecule has 0 fully saturated rings. The zero-order chi connectivity index (χ0) is 16.6. The fourth-order valence-electron chi connectivity index (χ4n) is 3.85. The summed E-state index contributed by atoms with van der Waals surface area (Å²) in [6.45, 7) is 1.45. The lowest BCUT2D eigenvalue weighted by atomic mass is 10.0. The number of rotatable bonds is 3. The number of nitrogens with zero attached hydrogens (tertiary/aromatic N) is 2. The van der Waals surface area contributed by atoms with Crippen molar-refractivity contribution in [2.75, 3.05) is 25.1 Å². The lowest BCUT2D eigenvalue weighted by Crippen LogP contribution is -2.41. The van der Waals surface area contributed by atoms with Crippen LogP contribution in [0, 0.1) is 0 Å². The van der Waals surface area contributed by atoms with Gasteiger partial charge < -0.3 is 9.84 Å². The van der Waals surface area contributed by atoms with Crippen molar-refractivity contribution in [3.8, 4) is 5.75 Å². The first-order chi connectivity index (χ1) is 11.7. The number of benzene rings is 2. The van der Waals surface area contributed by atoms with Crippen molar-refractivity contribution >= 4 is 11.5 Å². The van der Waals surface area contributed by atoms with Gasteiger partial charge in [-0.25, -0.2) is 9.48 Å². The van der Waals surface area contributed by atoms with Crippen molar-refractivity contribution in [2.45, 2.75) is 25.0 Å². The lowest BCUT2D eigenvalue weighted by Gasteiger charge is -2.24. The monoisotopic (exact) mass is 323 g/mol. The number of methoxy groups -OCH3 is 1. The average Bonchev–Trinajstić information content (AvgIpc) is 2.97. The average molecular weight is 323 g/mol. The van der Waals surface area contributed by atoms with Crippen molar-refractivity contribution in [3.05, 3.63) is 60.2 Å². The number of anilines is 1. The molecule has 24 heavy (non-hydrogen) atoms. The minimum atomic E-state index is -0.961. The first-order valence-corrected chi connectivity index (χ1v) is 8.55. The van der Waals surface area contributed by atoms with Crippen molar-refractivity contribution in [1.29, 1.82) is 0 Å². The van der Waals surface area contributed by atoms with Crippen LogP contribution in [0.1, 0.15) is 24.8 Å². The molecule has 2 aliphatic rings. The molecule has 1 unspecified atom stereocenters. The van der Waals surface area contributed by atoms with Crippen molar-refractivity contribution in [2.24, 2.45) is 0 Å². The Labute approximate surface area is 142 Å². The Morgan fingerprint density at radius 3 is 2.50 bits per heavy atom. The van der Waals surface area contributed by atoms with Gasteiger partial charge in [0.2, 0.25) is 0 Å². The molecule has 124 valence electrons. The molecule has 2 heterocycles. The maximum Gasteiger partial charge on any atom is 0.271 e. The Bertz CT molecular complexity index is 755. The van der Waals surface area contributed by atoms with E-state index in [0.717, 1.165) is 36.4 Å². The summed E-state index contributed by atoms with van der Waals surface area (Å²) in [6.07, 6.45) is 3.29. The molecule has 0 aromatic heterocycles. The highest BCUT2D eigenvalue weighted by Gasteiger charge is 2.52. The molecule has 1 N–H and O–H groups in total. The Kier molecular flexibility index (Phi) is 3.77. The van der Waals surface area contributed by atoms with Crippen LogP contribution in [0.5, 0.6) is 5.75 Å². The third-order valence-corrected chi connectivity index (χ3v) is 5.10. The molecule has 4 heteroatoms. The SMILES string of the molecule is COc1ccc(N2CC(O)(c3ccccc3)[N+]3=C2CCCC3)cc1. The molecule has 0 saturated carbocycles. The van der Waals surface area contributed by atoms with Crippen molar-refractivity contribution < 1.29 is 14.4 Å². The first kappa shape index (κ1) is 15.2. The largest absolute Gasteiger partial charge is 0.497 e. The third-order valence-electron chi connectivity index (χ3n) is 5.10. The Morgan fingerprint density at radius 2 is 1.79 bits per heavy atom. The second-order valence-electron chi connectivity index (χ2n) is 6.49. The van der Waals surface area contributed by atoms with Gasteiger partial charge in [-0.1, -0.05) is 30.3 Å². The fourth-order valence-corrected chi connectivity index (χ4v) is 3.85. The van der Waals surface area contributed by atoms with Crippen LogP contribution in [0.15, 0.2) is 54.6 Å². The van der Waals surface area contributed by atoms with E-state index in [9.17, 15) is 5.11 Å². The number of β-amino-alcohol motifs (C(OH)–C–C–N with tert-alkyl or cyclic N) is 1. The minimum Gasteiger partial charge on any atom is -0.497 e. The normalized spacial score (nSPS) is 23.3. The predicted molar refractivity (Wildman–Crippen MR) is 94.7 cm³/mol. The molecule has 4 nitrogen and oxygen atoms in total. The highest BCUT2D eigenvalue weighted by molar-refractivity contribution is 5.96. The van der Waals surface area contributed by atoms with E-state index in [1.54, 1.807) is 7.11 Å². The minimum absolute atomic E-state index is 0.554. The highest BCUT2D eigenvalue weighted by atomic mass is 16.5. The number of ether oxygens (including phenoxy) is 1. The van der Waals surface area contributed by atoms with E-state index in [1.807, 2.05) is 42.5 Å². The molecule has 2 aliphatic heterocycles. The number of hydrogen-bond acceptors (Lipinski definition) is 3. The summed E-state index contributed by atoms with van der Waals surface area (Å²) in [5.74, 6) is 2.07. The van der Waals surface area contributed by atoms with E-state index in [0.29, 0.717) is 6.54 Å². The summed E-state index contributed by atoms with van der Waals surface area (Å²) in [6, 6.07) is 18.1. The van der Waals surface area contributed by atoms with Gasteiger partial charge in [-0.2, -0.15) is 0 Å². The second kappa shape index (κ2) is 5.95. The van der Waals surface area contributed by atoms with Gasteiger partial charge >= 0.3 is 0 Å². The van der Waals surface area contributed by atoms with E-state index in [4.69, 9.17) is 4.74 Å². The number of aliphatic hydroxyl groups is 1. The second-order valence-corrected chi connectivity index (χ2v) is 6.49. The summed E-state index contributed by atoms with van der Waals surface area (Å²) in [5.41, 5.74) is 1.10. The quantitative estimate of drug-likeness (QED) is 0.882. The van der Waals surface area contributed by atoms with Crippen LogP contribution in [0.25, 0.3) is 0 Å². The summed E-state index contributed by atoms with van der Waals surface area (Å²) < 4.78 is 7.45. The molecule has 0 amide bonds. The zero-order valence-corrected chi connectivity index (χ0v) is 14.0. The van der Waals surface area contributed by atoms with Crippen LogP contribution in [0.2, 0.25) is 0 Å². The Balaban J connectivity index is 1.76. The van der Waals surface area contributed by atoms with Gasteiger partial charge in [-0.05, 0) is 37.1 Å². The Hall–Kier alpha value is -2.33. The third kappa shape index (κ3) is 2.38. The molecule has 0 spiro atoms. The summed E-state index contributed by atoms with van der Waals surface area (Å²) in [5, 5.41) is 11.5. The summed E-state index contributed by atoms with van der Waals surface area (Å²) in [4.78, 5) is 2.26. The molecular weight excluding hydrogens is 300 g/mol. The molecule has 0 saturated heterocycles. The van der Waals surface area contributed by atoms with Crippen LogP contribution in [0.4, 0.5) is 5.69 Å². The zero-order valence-electron chi connectivity index (χ0n) is 14.0. The highest BCUT2D eigenvalue weighted by Crippen LogP contribution is 2.35. The molecular formula is C20H23N2O2+. The maximum absolute atomic E-state index is 11.5. The van der Waals surface area contributed by atoms with Gasteiger partial charge in [0.05, 0.1) is 13.7 Å². The lowest BCUT2D eigenvalue weighted by molar-refractivity contribution is -0.661. The van der Waals surface area contributed by atoms with Gasteiger partial charge in [-0.15, -0.1) is 0 Å². The fraction of sp³-hybridized carbons (Fsp3) is 0.350. The van der Waals surface area contributed by atoms with Crippen LogP contribution in [0.3, 0.4) is 0 Å². The van der Waals surface area contributed by atoms with E-state index >= 15 is 0 Å². The van der Waals surface area contributed by atoms with Crippen molar-refractivity contribution in [1.82, 2.24) is 0 Å². The molecule has 0 bridgehead atoms. The van der Waals surface area contributed by atoms with Crippen LogP contribution in [-0.2, 0) is 5.72 Å². The van der Waals surface area contributed by atoms with Gasteiger partial charge in [0.15, 0.2) is 6.54 Å². The smallest absolute Gasteiger partial charge is 0.271 e. The summed E-state index contributed by atoms with van der Waals surface area (Å²) >= 11 is 0. The molecule has 0 aliphatic carbocycles. The molecule has 4 rings (SSSR count). The first-order valence-electron chi connectivity index (χ1n) is 8.55. The number of amidine groups is 1. The molecule has 0 radical (unpaired) electrons. The maximum atomic E-state index is 11.5. The standard InChI is InChI=1S/C20H23N2O2/c1-24-18-12-10-17(11-13-18)21-15-20(23,16-7-3-2-4-8-16)22-14-6-5-9-19(21)22/h2-4,7-8,10-13,23H,5-6,9,14-15H2,1H3/q+1. The van der Waals surface area contributed by atoms with E-state index < -0.39 is 5.72 Å². The Morgan fingerprint density at radius 1 is 1.04 bits per heavy atom. The molecule has 2 aromatic rings. The van der Waals surface area contributed by atoms with Crippen LogP contribution in [-0.4, -0.2) is 35.7 Å².